The van der Waals surface area contributed by atoms with Gasteiger partial charge in [-0.1, -0.05) is 12.1 Å². The molecular formula is C27H32N6O4. The van der Waals surface area contributed by atoms with E-state index in [1.54, 1.807) is 7.11 Å². The highest BCUT2D eigenvalue weighted by Crippen LogP contribution is 2.21. The van der Waals surface area contributed by atoms with Gasteiger partial charge in [0.15, 0.2) is 5.82 Å². The molecule has 4 aromatic rings. The van der Waals surface area contributed by atoms with E-state index in [2.05, 4.69) is 25.4 Å². The molecule has 37 heavy (non-hydrogen) atoms. The molecule has 0 unspecified atom stereocenters. The van der Waals surface area contributed by atoms with E-state index in [9.17, 15) is 4.79 Å². The maximum absolute atomic E-state index is 13.0. The Hall–Kier alpha value is -3.76. The van der Waals surface area contributed by atoms with Crippen molar-refractivity contribution in [1.82, 2.24) is 30.1 Å². The summed E-state index contributed by atoms with van der Waals surface area (Å²) in [4.78, 5) is 18.2. The summed E-state index contributed by atoms with van der Waals surface area (Å²) in [6, 6.07) is 15.6. The normalized spacial score (nSPS) is 15.5. The third kappa shape index (κ3) is 6.15. The maximum Gasteiger partial charge on any atom is 0.252 e. The van der Waals surface area contributed by atoms with Crippen LogP contribution in [0.2, 0.25) is 0 Å². The van der Waals surface area contributed by atoms with Crippen LogP contribution in [0.3, 0.4) is 0 Å². The molecular weight excluding hydrogens is 472 g/mol. The lowest BCUT2D eigenvalue weighted by atomic mass is 10.1. The van der Waals surface area contributed by atoms with Crippen LogP contribution in [0.4, 0.5) is 0 Å². The number of hydrogen-bond acceptors (Lipinski definition) is 8. The minimum absolute atomic E-state index is 0.115. The van der Waals surface area contributed by atoms with Gasteiger partial charge in [0.25, 0.3) is 5.56 Å². The molecule has 0 radical (unpaired) electrons. The number of hydrogen-bond donors (Lipinski definition) is 1. The molecule has 194 valence electrons. The smallest absolute Gasteiger partial charge is 0.252 e. The summed E-state index contributed by atoms with van der Waals surface area (Å²) in [5.41, 5.74) is 2.41. The molecule has 1 aliphatic heterocycles. The Morgan fingerprint density at radius 3 is 2.70 bits per heavy atom. The fraction of sp³-hybridized carbons (Fsp3) is 0.407. The molecule has 0 saturated carbocycles. The lowest BCUT2D eigenvalue weighted by Gasteiger charge is -2.22. The van der Waals surface area contributed by atoms with Gasteiger partial charge in [-0.2, -0.15) is 0 Å². The highest BCUT2D eigenvalue weighted by atomic mass is 16.5. The van der Waals surface area contributed by atoms with E-state index in [1.807, 2.05) is 60.1 Å². The second-order valence-electron chi connectivity index (χ2n) is 9.21. The van der Waals surface area contributed by atoms with Gasteiger partial charge in [-0.3, -0.25) is 9.69 Å². The van der Waals surface area contributed by atoms with Gasteiger partial charge in [0, 0.05) is 36.2 Å². The standard InChI is InChI=1S/C27H32N6O4/c1-3-36-23-10-11-25-20(14-23)13-21(27(34)28-25)16-32(15-19-6-8-22(35-2)9-7-19)18-26-29-30-31-33(26)17-24-5-4-12-37-24/h6-11,13-14,24H,3-5,12,15-18H2,1-2H3,(H,28,34)/t24-/m1/s1. The molecule has 10 nitrogen and oxygen atoms in total. The van der Waals surface area contributed by atoms with Gasteiger partial charge in [0.2, 0.25) is 0 Å². The molecule has 10 heteroatoms. The van der Waals surface area contributed by atoms with Crippen molar-refractivity contribution < 1.29 is 14.2 Å². The van der Waals surface area contributed by atoms with Gasteiger partial charge in [0.05, 0.1) is 32.9 Å². The van der Waals surface area contributed by atoms with Crippen molar-refractivity contribution in [3.05, 3.63) is 75.8 Å². The van der Waals surface area contributed by atoms with Crippen molar-refractivity contribution >= 4 is 10.9 Å². The van der Waals surface area contributed by atoms with E-state index in [-0.39, 0.29) is 11.7 Å². The lowest BCUT2D eigenvalue weighted by Crippen LogP contribution is -2.29. The highest BCUT2D eigenvalue weighted by Gasteiger charge is 2.21. The number of nitrogens with zero attached hydrogens (tertiary/aromatic N) is 5. The fourth-order valence-corrected chi connectivity index (χ4v) is 4.66. The van der Waals surface area contributed by atoms with Gasteiger partial charge in [-0.25, -0.2) is 4.68 Å². The quantitative estimate of drug-likeness (QED) is 0.332. The monoisotopic (exact) mass is 504 g/mol. The number of benzene rings is 2. The Kier molecular flexibility index (Phi) is 7.76. The Morgan fingerprint density at radius 1 is 1.11 bits per heavy atom. The topological polar surface area (TPSA) is 107 Å². The third-order valence-electron chi connectivity index (χ3n) is 6.53. The van der Waals surface area contributed by atoms with Gasteiger partial charge < -0.3 is 19.2 Å². The molecule has 1 atom stereocenters. The third-order valence-corrected chi connectivity index (χ3v) is 6.53. The van der Waals surface area contributed by atoms with Crippen LogP contribution in [0.5, 0.6) is 11.5 Å². The summed E-state index contributed by atoms with van der Waals surface area (Å²) in [6.45, 7) is 5.43. The molecule has 1 aliphatic rings. The molecule has 2 aromatic heterocycles. The second-order valence-corrected chi connectivity index (χ2v) is 9.21. The van der Waals surface area contributed by atoms with Crippen LogP contribution >= 0.6 is 0 Å². The molecule has 1 saturated heterocycles. The van der Waals surface area contributed by atoms with Gasteiger partial charge in [-0.15, -0.1) is 5.10 Å². The molecule has 1 fully saturated rings. The predicted molar refractivity (Wildman–Crippen MR) is 138 cm³/mol. The summed E-state index contributed by atoms with van der Waals surface area (Å²) in [6.07, 6.45) is 2.19. The van der Waals surface area contributed by atoms with Crippen LogP contribution in [0.15, 0.2) is 53.3 Å². The number of H-pyrrole nitrogens is 1. The number of aromatic nitrogens is 5. The molecule has 3 heterocycles. The molecule has 0 bridgehead atoms. The number of pyridine rings is 1. The summed E-state index contributed by atoms with van der Waals surface area (Å²) in [5.74, 6) is 2.31. The predicted octanol–water partition coefficient (Wildman–Crippen LogP) is 3.30. The second kappa shape index (κ2) is 11.5. The molecule has 0 aliphatic carbocycles. The van der Waals surface area contributed by atoms with Crippen molar-refractivity contribution in [2.24, 2.45) is 0 Å². The Balaban J connectivity index is 1.42. The van der Waals surface area contributed by atoms with E-state index in [4.69, 9.17) is 14.2 Å². The van der Waals surface area contributed by atoms with Gasteiger partial charge >= 0.3 is 0 Å². The zero-order valence-corrected chi connectivity index (χ0v) is 21.2. The largest absolute Gasteiger partial charge is 0.497 e. The van der Waals surface area contributed by atoms with Crippen molar-refractivity contribution in [3.8, 4) is 11.5 Å². The van der Waals surface area contributed by atoms with Crippen LogP contribution in [0.1, 0.15) is 36.7 Å². The number of aromatic amines is 1. The average Bonchev–Trinajstić information content (AvgIpc) is 3.58. The van der Waals surface area contributed by atoms with Gasteiger partial charge in [-0.05, 0) is 72.2 Å². The first-order valence-corrected chi connectivity index (χ1v) is 12.6. The highest BCUT2D eigenvalue weighted by molar-refractivity contribution is 5.80. The number of tetrazole rings is 1. The summed E-state index contributed by atoms with van der Waals surface area (Å²) in [5, 5.41) is 13.3. The molecule has 1 N–H and O–H groups in total. The van der Waals surface area contributed by atoms with Crippen molar-refractivity contribution in [2.45, 2.75) is 52.0 Å². The first-order valence-electron chi connectivity index (χ1n) is 12.6. The number of ether oxygens (including phenoxy) is 3. The average molecular weight is 505 g/mol. The first kappa shape index (κ1) is 24.9. The van der Waals surface area contributed by atoms with Crippen molar-refractivity contribution in [3.63, 3.8) is 0 Å². The number of fused-ring (bicyclic) bond motifs is 1. The Morgan fingerprint density at radius 2 is 1.95 bits per heavy atom. The SMILES string of the molecule is CCOc1ccc2[nH]c(=O)c(CN(Cc3ccc(OC)cc3)Cc3nnnn3C[C@H]3CCCO3)cc2c1. The zero-order chi connectivity index (χ0) is 25.6. The van der Waals surface area contributed by atoms with Crippen molar-refractivity contribution in [2.75, 3.05) is 20.3 Å². The maximum atomic E-state index is 13.0. The fourth-order valence-electron chi connectivity index (χ4n) is 4.66. The van der Waals surface area contributed by atoms with Crippen molar-refractivity contribution in [1.29, 1.82) is 0 Å². The molecule has 5 rings (SSSR count). The molecule has 0 amide bonds. The van der Waals surface area contributed by atoms with Gasteiger partial charge in [0.1, 0.15) is 11.5 Å². The zero-order valence-electron chi connectivity index (χ0n) is 21.2. The summed E-state index contributed by atoms with van der Waals surface area (Å²) >= 11 is 0. The first-order chi connectivity index (χ1) is 18.1. The van der Waals surface area contributed by atoms with E-state index in [0.29, 0.717) is 38.3 Å². The van der Waals surface area contributed by atoms with E-state index < -0.39 is 0 Å². The van der Waals surface area contributed by atoms with Crippen LogP contribution < -0.4 is 15.0 Å². The molecule has 2 aromatic carbocycles. The summed E-state index contributed by atoms with van der Waals surface area (Å²) < 4.78 is 18.6. The molecule has 0 spiro atoms. The number of nitrogens with one attached hydrogen (secondary N) is 1. The lowest BCUT2D eigenvalue weighted by molar-refractivity contribution is 0.0914. The number of methoxy groups -OCH3 is 1. The van der Waals surface area contributed by atoms with Crippen LogP contribution in [-0.2, 0) is 30.9 Å². The summed E-state index contributed by atoms with van der Waals surface area (Å²) in [7, 11) is 1.65. The minimum atomic E-state index is -0.115. The van der Waals surface area contributed by atoms with E-state index >= 15 is 0 Å². The van der Waals surface area contributed by atoms with Crippen LogP contribution in [-0.4, -0.2) is 56.5 Å². The van der Waals surface area contributed by atoms with E-state index in [1.165, 1.54) is 0 Å². The van der Waals surface area contributed by atoms with Crippen LogP contribution in [0.25, 0.3) is 10.9 Å². The Labute approximate surface area is 215 Å². The Bertz CT molecular complexity index is 1380. The van der Waals surface area contributed by atoms with E-state index in [0.717, 1.165) is 53.2 Å². The van der Waals surface area contributed by atoms with Crippen LogP contribution in [0, 0.1) is 0 Å². The number of rotatable bonds is 11. The minimum Gasteiger partial charge on any atom is -0.497 e.